The molecule has 0 heterocycles. The van der Waals surface area contributed by atoms with E-state index in [1.807, 2.05) is 0 Å². The molecule has 0 fully saturated rings. The number of halogens is 3. The van der Waals surface area contributed by atoms with Crippen molar-refractivity contribution in [2.75, 3.05) is 0 Å². The molecule has 1 aromatic rings. The first-order valence-corrected chi connectivity index (χ1v) is 4.99. The van der Waals surface area contributed by atoms with E-state index in [9.17, 15) is 16.7 Å². The van der Waals surface area contributed by atoms with Crippen molar-refractivity contribution in [2.45, 2.75) is 11.8 Å². The lowest BCUT2D eigenvalue weighted by Crippen LogP contribution is -1.96. The Morgan fingerprint density at radius 1 is 1.38 bits per heavy atom. The first kappa shape index (κ1) is 10.4. The molecule has 0 N–H and O–H groups in total. The van der Waals surface area contributed by atoms with E-state index in [-0.39, 0.29) is 5.56 Å². The van der Waals surface area contributed by atoms with Crippen LogP contribution in [-0.4, -0.2) is 8.42 Å². The summed E-state index contributed by atoms with van der Waals surface area (Å²) in [7, 11) is -4.82. The lowest BCUT2D eigenvalue weighted by atomic mass is 10.2. The Balaban J connectivity index is 3.50. The monoisotopic (exact) mass is 226 g/mol. The maximum atomic E-state index is 12.7. The van der Waals surface area contributed by atoms with Gasteiger partial charge in [0.15, 0.2) is 0 Å². The molecule has 0 atom stereocenters. The first-order valence-electron chi connectivity index (χ1n) is 3.22. The van der Waals surface area contributed by atoms with Gasteiger partial charge in [0.05, 0.1) is 5.02 Å². The summed E-state index contributed by atoms with van der Waals surface area (Å²) in [5.74, 6) is -0.772. The Morgan fingerprint density at radius 3 is 2.38 bits per heavy atom. The topological polar surface area (TPSA) is 34.1 Å². The third kappa shape index (κ3) is 2.16. The molecule has 2 nitrogen and oxygen atoms in total. The van der Waals surface area contributed by atoms with Gasteiger partial charge in [-0.1, -0.05) is 11.6 Å². The van der Waals surface area contributed by atoms with Crippen LogP contribution >= 0.6 is 11.6 Å². The molecule has 0 spiro atoms. The minimum Gasteiger partial charge on any atom is -0.205 e. The normalized spacial score (nSPS) is 11.7. The van der Waals surface area contributed by atoms with Crippen molar-refractivity contribution < 1.29 is 16.7 Å². The summed E-state index contributed by atoms with van der Waals surface area (Å²) >= 11 is 5.29. The van der Waals surface area contributed by atoms with Gasteiger partial charge in [-0.25, -0.2) is 4.39 Å². The molecule has 0 unspecified atom stereocenters. The molecule has 1 aromatic carbocycles. The third-order valence-electron chi connectivity index (χ3n) is 1.48. The van der Waals surface area contributed by atoms with Gasteiger partial charge in [0.25, 0.3) is 0 Å². The summed E-state index contributed by atoms with van der Waals surface area (Å²) in [4.78, 5) is -0.598. The molecular weight excluding hydrogens is 222 g/mol. The third-order valence-corrected chi connectivity index (χ3v) is 2.74. The van der Waals surface area contributed by atoms with Crippen molar-refractivity contribution in [3.8, 4) is 0 Å². The zero-order chi connectivity index (χ0) is 10.2. The first-order chi connectivity index (χ1) is 5.82. The van der Waals surface area contributed by atoms with Crippen molar-refractivity contribution in [3.63, 3.8) is 0 Å². The van der Waals surface area contributed by atoms with Crippen LogP contribution in [0.5, 0.6) is 0 Å². The van der Waals surface area contributed by atoms with Gasteiger partial charge in [-0.3, -0.25) is 0 Å². The molecule has 0 amide bonds. The second-order valence-electron chi connectivity index (χ2n) is 2.47. The van der Waals surface area contributed by atoms with Gasteiger partial charge in [-0.05, 0) is 24.6 Å². The lowest BCUT2D eigenvalue weighted by Gasteiger charge is -2.01. The van der Waals surface area contributed by atoms with Crippen molar-refractivity contribution in [1.82, 2.24) is 0 Å². The molecule has 0 aromatic heterocycles. The quantitative estimate of drug-likeness (QED) is 0.690. The highest BCUT2D eigenvalue weighted by atomic mass is 35.5. The Hall–Kier alpha value is -0.680. The average Bonchev–Trinajstić information content (AvgIpc) is 1.94. The Morgan fingerprint density at radius 2 is 1.92 bits per heavy atom. The van der Waals surface area contributed by atoms with Crippen LogP contribution in [0.25, 0.3) is 0 Å². The molecule has 0 aliphatic carbocycles. The predicted octanol–water partition coefficient (Wildman–Crippen LogP) is 2.45. The van der Waals surface area contributed by atoms with Crippen LogP contribution in [0.3, 0.4) is 0 Å². The van der Waals surface area contributed by atoms with Gasteiger partial charge in [0.1, 0.15) is 10.7 Å². The summed E-state index contributed by atoms with van der Waals surface area (Å²) in [6.07, 6.45) is 0. The summed E-state index contributed by atoms with van der Waals surface area (Å²) in [5.41, 5.74) is -0.00981. The molecular formula is C7H5ClF2O2S. The highest BCUT2D eigenvalue weighted by Gasteiger charge is 2.17. The van der Waals surface area contributed by atoms with Crippen LogP contribution in [-0.2, 0) is 10.2 Å². The Kier molecular flexibility index (Phi) is 2.58. The van der Waals surface area contributed by atoms with Crippen LogP contribution in [0, 0.1) is 12.7 Å². The minimum atomic E-state index is -4.82. The zero-order valence-electron chi connectivity index (χ0n) is 6.51. The summed E-state index contributed by atoms with van der Waals surface area (Å²) < 4.78 is 46.1. The number of rotatable bonds is 1. The average molecular weight is 227 g/mol. The van der Waals surface area contributed by atoms with E-state index < -0.39 is 26.0 Å². The SMILES string of the molecule is Cc1cc(F)c(Cl)cc1S(=O)(=O)F. The standard InChI is InChI=1S/C7H5ClF2O2S/c1-4-2-6(9)5(8)3-7(4)13(10,11)12/h2-3H,1H3. The van der Waals surface area contributed by atoms with Gasteiger partial charge < -0.3 is 0 Å². The van der Waals surface area contributed by atoms with Gasteiger partial charge in [-0.15, -0.1) is 3.89 Å². The van der Waals surface area contributed by atoms with E-state index in [1.54, 1.807) is 0 Å². The fraction of sp³-hybridized carbons (Fsp3) is 0.143. The van der Waals surface area contributed by atoms with Crippen LogP contribution in [0.15, 0.2) is 17.0 Å². The largest absolute Gasteiger partial charge is 0.332 e. The highest BCUT2D eigenvalue weighted by molar-refractivity contribution is 7.86. The van der Waals surface area contributed by atoms with Crippen LogP contribution in [0.2, 0.25) is 5.02 Å². The molecule has 0 aliphatic heterocycles. The van der Waals surface area contributed by atoms with E-state index in [0.29, 0.717) is 0 Å². The smallest absolute Gasteiger partial charge is 0.205 e. The van der Waals surface area contributed by atoms with Gasteiger partial charge in [0.2, 0.25) is 0 Å². The molecule has 13 heavy (non-hydrogen) atoms. The molecule has 6 heteroatoms. The minimum absolute atomic E-state index is 0.00981. The van der Waals surface area contributed by atoms with Crippen molar-refractivity contribution in [3.05, 3.63) is 28.5 Å². The van der Waals surface area contributed by atoms with E-state index >= 15 is 0 Å². The van der Waals surface area contributed by atoms with E-state index in [0.717, 1.165) is 12.1 Å². The fourth-order valence-corrected chi connectivity index (χ4v) is 1.82. The van der Waals surface area contributed by atoms with Crippen LogP contribution < -0.4 is 0 Å². The van der Waals surface area contributed by atoms with E-state index in [4.69, 9.17) is 11.6 Å². The van der Waals surface area contributed by atoms with Gasteiger partial charge >= 0.3 is 10.2 Å². The highest BCUT2D eigenvalue weighted by Crippen LogP contribution is 2.24. The summed E-state index contributed by atoms with van der Waals surface area (Å²) in [6.45, 7) is 1.28. The Labute approximate surface area is 79.4 Å². The number of hydrogen-bond acceptors (Lipinski definition) is 2. The van der Waals surface area contributed by atoms with Crippen LogP contribution in [0.1, 0.15) is 5.56 Å². The van der Waals surface area contributed by atoms with E-state index in [2.05, 4.69) is 0 Å². The van der Waals surface area contributed by atoms with Gasteiger partial charge in [0, 0.05) is 0 Å². The Bertz CT molecular complexity index is 442. The molecule has 0 bridgehead atoms. The predicted molar refractivity (Wildman–Crippen MR) is 44.4 cm³/mol. The maximum absolute atomic E-state index is 12.7. The molecule has 72 valence electrons. The maximum Gasteiger partial charge on any atom is 0.332 e. The fourth-order valence-electron chi connectivity index (χ4n) is 0.891. The molecule has 0 saturated heterocycles. The number of hydrogen-bond donors (Lipinski definition) is 0. The van der Waals surface area contributed by atoms with Gasteiger partial charge in [-0.2, -0.15) is 8.42 Å². The van der Waals surface area contributed by atoms with Crippen molar-refractivity contribution in [2.24, 2.45) is 0 Å². The summed E-state index contributed by atoms with van der Waals surface area (Å²) in [5, 5.41) is -0.415. The number of aryl methyl sites for hydroxylation is 1. The molecule has 0 radical (unpaired) electrons. The molecule has 1 rings (SSSR count). The van der Waals surface area contributed by atoms with Crippen molar-refractivity contribution >= 4 is 21.8 Å². The second kappa shape index (κ2) is 3.23. The number of benzene rings is 1. The second-order valence-corrected chi connectivity index (χ2v) is 4.19. The molecule has 0 saturated carbocycles. The van der Waals surface area contributed by atoms with Crippen LogP contribution in [0.4, 0.5) is 8.28 Å². The molecule has 0 aliphatic rings. The summed E-state index contributed by atoms with van der Waals surface area (Å²) in [6, 6.07) is 1.62. The zero-order valence-corrected chi connectivity index (χ0v) is 8.09. The lowest BCUT2D eigenvalue weighted by molar-refractivity contribution is 0.550. The van der Waals surface area contributed by atoms with Crippen molar-refractivity contribution in [1.29, 1.82) is 0 Å². The van der Waals surface area contributed by atoms with E-state index in [1.165, 1.54) is 6.92 Å².